The summed E-state index contributed by atoms with van der Waals surface area (Å²) in [5.41, 5.74) is 0.850. The predicted octanol–water partition coefficient (Wildman–Crippen LogP) is 1.16. The molecule has 0 saturated carbocycles. The maximum atomic E-state index is 9.51. The third-order valence-electron chi connectivity index (χ3n) is 1.53. The first-order valence-electron chi connectivity index (χ1n) is 3.72. The van der Waals surface area contributed by atoms with Crippen molar-refractivity contribution >= 4 is 11.5 Å². The summed E-state index contributed by atoms with van der Waals surface area (Å²) in [5, 5.41) is 13.4. The van der Waals surface area contributed by atoms with Crippen LogP contribution in [0.3, 0.4) is 0 Å². The summed E-state index contributed by atoms with van der Waals surface area (Å²) < 4.78 is 3.76. The van der Waals surface area contributed by atoms with Gasteiger partial charge in [-0.15, -0.1) is 17.4 Å². The van der Waals surface area contributed by atoms with E-state index in [2.05, 4.69) is 15.5 Å². The first kappa shape index (κ1) is 9.17. The molecule has 0 fully saturated rings. The number of aromatic nitrogens is 2. The van der Waals surface area contributed by atoms with Crippen LogP contribution in [0.1, 0.15) is 30.0 Å². The van der Waals surface area contributed by atoms with Crippen LogP contribution in [0.25, 0.3) is 0 Å². The van der Waals surface area contributed by atoms with Gasteiger partial charge in [-0.3, -0.25) is 0 Å². The van der Waals surface area contributed by atoms with E-state index in [0.717, 1.165) is 17.0 Å². The van der Waals surface area contributed by atoms with E-state index in [1.807, 2.05) is 6.92 Å². The van der Waals surface area contributed by atoms with Crippen molar-refractivity contribution in [2.75, 3.05) is 0 Å². The van der Waals surface area contributed by atoms with Crippen LogP contribution in [0.2, 0.25) is 0 Å². The van der Waals surface area contributed by atoms with Gasteiger partial charge in [0.25, 0.3) is 0 Å². The summed E-state index contributed by atoms with van der Waals surface area (Å²) in [4.78, 5) is 0.801. The Morgan fingerprint density at radius 1 is 1.75 bits per heavy atom. The number of aliphatic hydroxyl groups is 1. The summed E-state index contributed by atoms with van der Waals surface area (Å²) in [6.45, 7) is 1.98. The molecule has 1 rings (SSSR count). The molecule has 0 aliphatic carbocycles. The first-order chi connectivity index (χ1) is 5.79. The number of aliphatic hydroxyl groups excluding tert-OH is 1. The highest BCUT2D eigenvalue weighted by molar-refractivity contribution is 7.05. The van der Waals surface area contributed by atoms with Crippen LogP contribution in [0.15, 0.2) is 0 Å². The van der Waals surface area contributed by atoms with Crippen molar-refractivity contribution in [1.82, 2.24) is 9.59 Å². The molecule has 1 atom stereocenters. The summed E-state index contributed by atoms with van der Waals surface area (Å²) in [5.74, 6) is 2.41. The predicted molar refractivity (Wildman–Crippen MR) is 47.7 cm³/mol. The van der Waals surface area contributed by atoms with Gasteiger partial charge in [-0.25, -0.2) is 0 Å². The molecular formula is C8H10N2OS. The van der Waals surface area contributed by atoms with Gasteiger partial charge in [0.2, 0.25) is 0 Å². The van der Waals surface area contributed by atoms with Gasteiger partial charge in [0, 0.05) is 6.42 Å². The second-order valence-corrected chi connectivity index (χ2v) is 3.15. The standard InChI is InChI=1S/C8H10N2OS/c1-3-5-7(11)8-6(4-2)9-10-12-8/h1,7,11H,4-5H2,2H3. The Kier molecular flexibility index (Phi) is 3.20. The van der Waals surface area contributed by atoms with E-state index in [1.165, 1.54) is 11.5 Å². The highest BCUT2D eigenvalue weighted by atomic mass is 32.1. The van der Waals surface area contributed by atoms with Gasteiger partial charge in [0.15, 0.2) is 0 Å². The summed E-state index contributed by atoms with van der Waals surface area (Å²) in [6, 6.07) is 0. The van der Waals surface area contributed by atoms with E-state index in [-0.39, 0.29) is 0 Å². The normalized spacial score (nSPS) is 12.4. The SMILES string of the molecule is C#CCC(O)c1snnc1CC. The molecular weight excluding hydrogens is 172 g/mol. The smallest absolute Gasteiger partial charge is 0.103 e. The number of rotatable bonds is 3. The molecule has 1 unspecified atom stereocenters. The monoisotopic (exact) mass is 182 g/mol. The lowest BCUT2D eigenvalue weighted by Gasteiger charge is -2.03. The fourth-order valence-electron chi connectivity index (χ4n) is 0.918. The van der Waals surface area contributed by atoms with E-state index >= 15 is 0 Å². The van der Waals surface area contributed by atoms with E-state index in [1.54, 1.807) is 0 Å². The van der Waals surface area contributed by atoms with Crippen molar-refractivity contribution < 1.29 is 5.11 Å². The second kappa shape index (κ2) is 4.19. The Hall–Kier alpha value is -0.920. The lowest BCUT2D eigenvalue weighted by molar-refractivity contribution is 0.186. The van der Waals surface area contributed by atoms with Gasteiger partial charge < -0.3 is 5.11 Å². The molecule has 1 heterocycles. The van der Waals surface area contributed by atoms with Crippen LogP contribution in [0.4, 0.5) is 0 Å². The second-order valence-electron chi connectivity index (χ2n) is 2.36. The molecule has 1 aromatic rings. The third kappa shape index (κ3) is 1.81. The van der Waals surface area contributed by atoms with Gasteiger partial charge in [0.05, 0.1) is 10.6 Å². The van der Waals surface area contributed by atoms with Crippen molar-refractivity contribution in [1.29, 1.82) is 0 Å². The van der Waals surface area contributed by atoms with Crippen LogP contribution < -0.4 is 0 Å². The first-order valence-corrected chi connectivity index (χ1v) is 4.49. The zero-order valence-electron chi connectivity index (χ0n) is 6.82. The molecule has 64 valence electrons. The van der Waals surface area contributed by atoms with Gasteiger partial charge in [-0.05, 0) is 18.0 Å². The molecule has 0 aromatic carbocycles. The number of nitrogens with zero attached hydrogens (tertiary/aromatic N) is 2. The van der Waals surface area contributed by atoms with Gasteiger partial charge >= 0.3 is 0 Å². The topological polar surface area (TPSA) is 46.0 Å². The van der Waals surface area contributed by atoms with Crippen LogP contribution in [0.5, 0.6) is 0 Å². The molecule has 0 bridgehead atoms. The van der Waals surface area contributed by atoms with E-state index < -0.39 is 6.10 Å². The number of hydrogen-bond acceptors (Lipinski definition) is 4. The minimum Gasteiger partial charge on any atom is -0.386 e. The quantitative estimate of drug-likeness (QED) is 0.713. The van der Waals surface area contributed by atoms with Crippen molar-refractivity contribution in [3.05, 3.63) is 10.6 Å². The van der Waals surface area contributed by atoms with Gasteiger partial charge in [0.1, 0.15) is 6.10 Å². The average molecular weight is 182 g/mol. The molecule has 12 heavy (non-hydrogen) atoms. The number of hydrogen-bond donors (Lipinski definition) is 1. The molecule has 0 spiro atoms. The van der Waals surface area contributed by atoms with Crippen LogP contribution >= 0.6 is 11.5 Å². The minimum atomic E-state index is -0.593. The zero-order valence-corrected chi connectivity index (χ0v) is 7.64. The number of terminal acetylenes is 1. The Morgan fingerprint density at radius 3 is 3.08 bits per heavy atom. The third-order valence-corrected chi connectivity index (χ3v) is 2.40. The Labute approximate surface area is 75.6 Å². The maximum Gasteiger partial charge on any atom is 0.103 e. The Bertz CT molecular complexity index is 289. The van der Waals surface area contributed by atoms with Crippen LogP contribution in [-0.2, 0) is 6.42 Å². The molecule has 0 aliphatic heterocycles. The lowest BCUT2D eigenvalue weighted by atomic mass is 10.2. The summed E-state index contributed by atoms with van der Waals surface area (Å²) in [6.07, 6.45) is 5.60. The fraction of sp³-hybridized carbons (Fsp3) is 0.500. The molecule has 0 saturated heterocycles. The molecule has 1 aromatic heterocycles. The maximum absolute atomic E-state index is 9.51. The number of aryl methyl sites for hydroxylation is 1. The largest absolute Gasteiger partial charge is 0.386 e. The van der Waals surface area contributed by atoms with Crippen LogP contribution in [-0.4, -0.2) is 14.7 Å². The minimum absolute atomic E-state index is 0.330. The molecule has 0 amide bonds. The molecule has 0 aliphatic rings. The highest BCUT2D eigenvalue weighted by Gasteiger charge is 2.14. The Balaban J connectivity index is 2.80. The van der Waals surface area contributed by atoms with Crippen molar-refractivity contribution in [3.8, 4) is 12.3 Å². The molecule has 4 heteroatoms. The van der Waals surface area contributed by atoms with Gasteiger partial charge in [-0.1, -0.05) is 11.4 Å². The fourth-order valence-corrected chi connectivity index (χ4v) is 1.64. The van der Waals surface area contributed by atoms with E-state index in [4.69, 9.17) is 6.42 Å². The van der Waals surface area contributed by atoms with Crippen molar-refractivity contribution in [2.45, 2.75) is 25.9 Å². The molecule has 1 N–H and O–H groups in total. The van der Waals surface area contributed by atoms with Crippen LogP contribution in [0, 0.1) is 12.3 Å². The van der Waals surface area contributed by atoms with E-state index in [0.29, 0.717) is 6.42 Å². The summed E-state index contributed by atoms with van der Waals surface area (Å²) in [7, 11) is 0. The van der Waals surface area contributed by atoms with Crippen molar-refractivity contribution in [3.63, 3.8) is 0 Å². The van der Waals surface area contributed by atoms with E-state index in [9.17, 15) is 5.11 Å². The average Bonchev–Trinajstić information content (AvgIpc) is 2.51. The lowest BCUT2D eigenvalue weighted by Crippen LogP contribution is -1.97. The molecule has 3 nitrogen and oxygen atoms in total. The Morgan fingerprint density at radius 2 is 2.50 bits per heavy atom. The van der Waals surface area contributed by atoms with Gasteiger partial charge in [-0.2, -0.15) is 0 Å². The zero-order chi connectivity index (χ0) is 8.97. The highest BCUT2D eigenvalue weighted by Crippen LogP contribution is 2.22. The van der Waals surface area contributed by atoms with Crippen molar-refractivity contribution in [2.24, 2.45) is 0 Å². The molecule has 0 radical (unpaired) electrons. The summed E-state index contributed by atoms with van der Waals surface area (Å²) >= 11 is 1.22.